The highest BCUT2D eigenvalue weighted by Gasteiger charge is 2.29. The first-order valence-corrected chi connectivity index (χ1v) is 8.48. The van der Waals surface area contributed by atoms with Crippen LogP contribution in [0.15, 0.2) is 48.5 Å². The number of nitrogens with zero attached hydrogens (tertiary/aromatic N) is 1. The average Bonchev–Trinajstić information content (AvgIpc) is 3.12. The summed E-state index contributed by atoms with van der Waals surface area (Å²) in [6, 6.07) is 14.1. The molecule has 1 saturated heterocycles. The summed E-state index contributed by atoms with van der Waals surface area (Å²) in [5.41, 5.74) is 2.17. The SMILES string of the molecule is COC(=O)c1ccc(NC(=O)N2CCCC2c2ccc(Cl)cc2)cc1. The van der Waals surface area contributed by atoms with Crippen molar-refractivity contribution in [2.45, 2.75) is 18.9 Å². The van der Waals surface area contributed by atoms with Crippen LogP contribution in [0, 0.1) is 0 Å². The fourth-order valence-electron chi connectivity index (χ4n) is 3.04. The number of rotatable bonds is 3. The molecular weight excluding hydrogens is 340 g/mol. The number of anilines is 1. The minimum absolute atomic E-state index is 0.0478. The van der Waals surface area contributed by atoms with Gasteiger partial charge in [-0.1, -0.05) is 23.7 Å². The van der Waals surface area contributed by atoms with Crippen LogP contribution in [0.1, 0.15) is 34.8 Å². The predicted molar refractivity (Wildman–Crippen MR) is 96.9 cm³/mol. The number of methoxy groups -OCH3 is 1. The molecule has 3 rings (SSSR count). The topological polar surface area (TPSA) is 58.6 Å². The molecule has 2 aromatic rings. The third-order valence-electron chi connectivity index (χ3n) is 4.33. The Kier molecular flexibility index (Phi) is 5.24. The number of nitrogens with one attached hydrogen (secondary N) is 1. The molecule has 0 saturated carbocycles. The molecule has 1 heterocycles. The largest absolute Gasteiger partial charge is 0.465 e. The van der Waals surface area contributed by atoms with Gasteiger partial charge in [-0.05, 0) is 54.8 Å². The van der Waals surface area contributed by atoms with Gasteiger partial charge in [0.15, 0.2) is 0 Å². The van der Waals surface area contributed by atoms with Gasteiger partial charge >= 0.3 is 12.0 Å². The fourth-order valence-corrected chi connectivity index (χ4v) is 3.17. The molecule has 25 heavy (non-hydrogen) atoms. The highest BCUT2D eigenvalue weighted by atomic mass is 35.5. The summed E-state index contributed by atoms with van der Waals surface area (Å²) < 4.78 is 4.67. The second kappa shape index (κ2) is 7.57. The number of carbonyl (C=O) groups excluding carboxylic acids is 2. The zero-order valence-electron chi connectivity index (χ0n) is 13.9. The number of likely N-dealkylation sites (tertiary alicyclic amines) is 1. The van der Waals surface area contributed by atoms with Gasteiger partial charge in [0.2, 0.25) is 0 Å². The van der Waals surface area contributed by atoms with Crippen LogP contribution in [0.25, 0.3) is 0 Å². The molecule has 5 nitrogen and oxygen atoms in total. The van der Waals surface area contributed by atoms with Crippen molar-refractivity contribution >= 4 is 29.3 Å². The van der Waals surface area contributed by atoms with Gasteiger partial charge in [-0.3, -0.25) is 0 Å². The third-order valence-corrected chi connectivity index (χ3v) is 4.58. The number of amides is 2. The first-order chi connectivity index (χ1) is 12.1. The van der Waals surface area contributed by atoms with Crippen LogP contribution in [0.4, 0.5) is 10.5 Å². The maximum Gasteiger partial charge on any atom is 0.337 e. The molecule has 1 aliphatic rings. The maximum absolute atomic E-state index is 12.6. The van der Waals surface area contributed by atoms with E-state index < -0.39 is 5.97 Å². The van der Waals surface area contributed by atoms with E-state index in [9.17, 15) is 9.59 Å². The summed E-state index contributed by atoms with van der Waals surface area (Å²) in [6.07, 6.45) is 1.89. The summed E-state index contributed by atoms with van der Waals surface area (Å²) in [7, 11) is 1.34. The van der Waals surface area contributed by atoms with Gasteiger partial charge in [0.05, 0.1) is 18.7 Å². The summed E-state index contributed by atoms with van der Waals surface area (Å²) in [5.74, 6) is -0.403. The number of ether oxygens (including phenoxy) is 1. The van der Waals surface area contributed by atoms with Crippen LogP contribution in [-0.4, -0.2) is 30.6 Å². The molecule has 0 aromatic heterocycles. The van der Waals surface area contributed by atoms with Crippen molar-refractivity contribution in [3.05, 3.63) is 64.7 Å². The Labute approximate surface area is 151 Å². The third kappa shape index (κ3) is 3.94. The van der Waals surface area contributed by atoms with Gasteiger partial charge < -0.3 is 15.0 Å². The molecule has 0 bridgehead atoms. The zero-order chi connectivity index (χ0) is 17.8. The minimum atomic E-state index is -0.403. The van der Waals surface area contributed by atoms with Crippen LogP contribution in [0.5, 0.6) is 0 Å². The molecule has 1 N–H and O–H groups in total. The Morgan fingerprint density at radius 3 is 2.44 bits per heavy atom. The van der Waals surface area contributed by atoms with Crippen molar-refractivity contribution < 1.29 is 14.3 Å². The number of esters is 1. The number of urea groups is 1. The van der Waals surface area contributed by atoms with Crippen LogP contribution in [0.2, 0.25) is 5.02 Å². The first-order valence-electron chi connectivity index (χ1n) is 8.10. The summed E-state index contributed by atoms with van der Waals surface area (Å²) in [5, 5.41) is 3.57. The van der Waals surface area contributed by atoms with Crippen LogP contribution >= 0.6 is 11.6 Å². The molecule has 1 aliphatic heterocycles. The van der Waals surface area contributed by atoms with Crippen molar-refractivity contribution in [3.63, 3.8) is 0 Å². The normalized spacial score (nSPS) is 16.6. The van der Waals surface area contributed by atoms with Crippen molar-refractivity contribution in [3.8, 4) is 0 Å². The lowest BCUT2D eigenvalue weighted by Crippen LogP contribution is -2.34. The highest BCUT2D eigenvalue weighted by molar-refractivity contribution is 6.30. The van der Waals surface area contributed by atoms with Gasteiger partial charge in [-0.15, -0.1) is 0 Å². The molecule has 1 atom stereocenters. The smallest absolute Gasteiger partial charge is 0.337 e. The monoisotopic (exact) mass is 358 g/mol. The van der Waals surface area contributed by atoms with E-state index in [2.05, 4.69) is 10.1 Å². The average molecular weight is 359 g/mol. The Morgan fingerprint density at radius 2 is 1.80 bits per heavy atom. The Bertz CT molecular complexity index is 759. The van der Waals surface area contributed by atoms with E-state index >= 15 is 0 Å². The number of benzene rings is 2. The highest BCUT2D eigenvalue weighted by Crippen LogP contribution is 2.33. The number of halogens is 1. The Balaban J connectivity index is 1.69. The first kappa shape index (κ1) is 17.3. The lowest BCUT2D eigenvalue weighted by Gasteiger charge is -2.25. The van der Waals surface area contributed by atoms with Gasteiger partial charge in [0, 0.05) is 17.3 Å². The van der Waals surface area contributed by atoms with Crippen molar-refractivity contribution in [1.82, 2.24) is 4.90 Å². The molecule has 1 fully saturated rings. The van der Waals surface area contributed by atoms with Gasteiger partial charge in [0.25, 0.3) is 0 Å². The summed E-state index contributed by atoms with van der Waals surface area (Å²) in [6.45, 7) is 0.708. The van der Waals surface area contributed by atoms with Crippen LogP contribution < -0.4 is 5.32 Å². The second-order valence-corrected chi connectivity index (χ2v) is 6.34. The lowest BCUT2D eigenvalue weighted by atomic mass is 10.1. The molecule has 6 heteroatoms. The van der Waals surface area contributed by atoms with Crippen molar-refractivity contribution in [2.75, 3.05) is 19.0 Å². The van der Waals surface area contributed by atoms with Crippen LogP contribution in [0.3, 0.4) is 0 Å². The van der Waals surface area contributed by atoms with E-state index in [1.165, 1.54) is 7.11 Å². The molecule has 2 aromatic carbocycles. The second-order valence-electron chi connectivity index (χ2n) is 5.90. The van der Waals surface area contributed by atoms with E-state index in [-0.39, 0.29) is 12.1 Å². The fraction of sp³-hybridized carbons (Fsp3) is 0.263. The van der Waals surface area contributed by atoms with E-state index in [1.54, 1.807) is 24.3 Å². The quantitative estimate of drug-likeness (QED) is 0.822. The summed E-state index contributed by atoms with van der Waals surface area (Å²) >= 11 is 5.94. The van der Waals surface area contributed by atoms with E-state index in [0.717, 1.165) is 18.4 Å². The van der Waals surface area contributed by atoms with Crippen molar-refractivity contribution in [1.29, 1.82) is 0 Å². The van der Waals surface area contributed by atoms with E-state index in [0.29, 0.717) is 22.8 Å². The van der Waals surface area contributed by atoms with Crippen molar-refractivity contribution in [2.24, 2.45) is 0 Å². The number of carbonyl (C=O) groups is 2. The zero-order valence-corrected chi connectivity index (χ0v) is 14.6. The molecule has 1 unspecified atom stereocenters. The lowest BCUT2D eigenvalue weighted by molar-refractivity contribution is 0.0601. The molecule has 0 aliphatic carbocycles. The molecule has 0 radical (unpaired) electrons. The maximum atomic E-state index is 12.6. The molecule has 130 valence electrons. The molecule has 0 spiro atoms. The minimum Gasteiger partial charge on any atom is -0.465 e. The Hall–Kier alpha value is -2.53. The summed E-state index contributed by atoms with van der Waals surface area (Å²) in [4.78, 5) is 25.9. The van der Waals surface area contributed by atoms with Gasteiger partial charge in [-0.2, -0.15) is 0 Å². The number of hydrogen-bond donors (Lipinski definition) is 1. The number of hydrogen-bond acceptors (Lipinski definition) is 3. The molecular formula is C19H19ClN2O3. The van der Waals surface area contributed by atoms with E-state index in [4.69, 9.17) is 11.6 Å². The van der Waals surface area contributed by atoms with Crippen LogP contribution in [-0.2, 0) is 4.74 Å². The Morgan fingerprint density at radius 1 is 1.12 bits per heavy atom. The predicted octanol–water partition coefficient (Wildman–Crippen LogP) is 4.50. The van der Waals surface area contributed by atoms with Gasteiger partial charge in [-0.25, -0.2) is 9.59 Å². The molecule has 2 amide bonds. The standard InChI is InChI=1S/C19H19ClN2O3/c1-25-18(23)14-6-10-16(11-7-14)21-19(24)22-12-2-3-17(22)13-4-8-15(20)9-5-13/h4-11,17H,2-3,12H2,1H3,(H,21,24). The van der Waals surface area contributed by atoms with E-state index in [1.807, 2.05) is 29.2 Å². The van der Waals surface area contributed by atoms with Gasteiger partial charge in [0.1, 0.15) is 0 Å².